The number of aromatic nitrogens is 1. The largest absolute Gasteiger partial charge is 0.489 e. The lowest BCUT2D eigenvalue weighted by Gasteiger charge is -2.23. The van der Waals surface area contributed by atoms with Crippen molar-refractivity contribution in [1.29, 1.82) is 0 Å². The fourth-order valence-electron chi connectivity index (χ4n) is 3.18. The van der Waals surface area contributed by atoms with Gasteiger partial charge in [-0.3, -0.25) is 4.98 Å². The van der Waals surface area contributed by atoms with Gasteiger partial charge in [0.15, 0.2) is 0 Å². The van der Waals surface area contributed by atoms with Crippen LogP contribution in [-0.2, 0) is 11.3 Å². The summed E-state index contributed by atoms with van der Waals surface area (Å²) in [4.78, 5) is 4.10. The second-order valence-corrected chi connectivity index (χ2v) is 5.62. The molecule has 1 saturated heterocycles. The Kier molecular flexibility index (Phi) is 3.71. The molecule has 19 heavy (non-hydrogen) atoms. The molecule has 2 fully saturated rings. The Hall–Kier alpha value is -1.13. The van der Waals surface area contributed by atoms with Gasteiger partial charge in [-0.05, 0) is 37.8 Å². The second-order valence-electron chi connectivity index (χ2n) is 5.62. The van der Waals surface area contributed by atoms with Crippen LogP contribution in [0.4, 0.5) is 0 Å². The second kappa shape index (κ2) is 5.47. The molecule has 104 valence electrons. The van der Waals surface area contributed by atoms with Crippen molar-refractivity contribution in [1.82, 2.24) is 4.98 Å². The van der Waals surface area contributed by atoms with Crippen LogP contribution in [0.5, 0.6) is 5.75 Å². The molecule has 1 aliphatic heterocycles. The number of rotatable bonds is 4. The molecule has 1 atom stereocenters. The highest BCUT2D eigenvalue weighted by atomic mass is 16.6. The summed E-state index contributed by atoms with van der Waals surface area (Å²) < 4.78 is 11.9. The Balaban J connectivity index is 1.49. The van der Waals surface area contributed by atoms with E-state index in [0.29, 0.717) is 12.3 Å². The van der Waals surface area contributed by atoms with E-state index in [1.807, 2.05) is 6.07 Å². The van der Waals surface area contributed by atoms with Crippen molar-refractivity contribution in [3.05, 3.63) is 24.0 Å². The van der Waals surface area contributed by atoms with Crippen LogP contribution < -0.4 is 4.74 Å². The number of ether oxygens (including phenoxy) is 2. The lowest BCUT2D eigenvalue weighted by atomic mass is 9.98. The molecular weight excluding hydrogens is 242 g/mol. The molecule has 0 aromatic carbocycles. The molecule has 0 amide bonds. The van der Waals surface area contributed by atoms with E-state index in [2.05, 4.69) is 4.98 Å². The summed E-state index contributed by atoms with van der Waals surface area (Å²) in [7, 11) is 0. The van der Waals surface area contributed by atoms with Crippen molar-refractivity contribution in [2.75, 3.05) is 6.61 Å². The zero-order valence-corrected chi connectivity index (χ0v) is 11.2. The third kappa shape index (κ3) is 2.90. The summed E-state index contributed by atoms with van der Waals surface area (Å²) >= 11 is 0. The van der Waals surface area contributed by atoms with E-state index in [9.17, 15) is 0 Å². The fourth-order valence-corrected chi connectivity index (χ4v) is 3.18. The van der Waals surface area contributed by atoms with Crippen LogP contribution in [-0.4, -0.2) is 28.4 Å². The third-order valence-corrected chi connectivity index (χ3v) is 4.25. The van der Waals surface area contributed by atoms with Crippen molar-refractivity contribution >= 4 is 0 Å². The highest BCUT2D eigenvalue weighted by Gasteiger charge is 2.42. The highest BCUT2D eigenvalue weighted by Crippen LogP contribution is 2.43. The lowest BCUT2D eigenvalue weighted by molar-refractivity contribution is -0.0509. The van der Waals surface area contributed by atoms with E-state index >= 15 is 0 Å². The quantitative estimate of drug-likeness (QED) is 0.906. The van der Waals surface area contributed by atoms with Crippen LogP contribution >= 0.6 is 0 Å². The Morgan fingerprint density at radius 1 is 1.32 bits per heavy atom. The molecule has 0 radical (unpaired) electrons. The van der Waals surface area contributed by atoms with Crippen LogP contribution in [0.25, 0.3) is 0 Å². The van der Waals surface area contributed by atoms with Gasteiger partial charge in [0.2, 0.25) is 0 Å². The summed E-state index contributed by atoms with van der Waals surface area (Å²) in [5.41, 5.74) is 0.835. The topological polar surface area (TPSA) is 51.6 Å². The summed E-state index contributed by atoms with van der Waals surface area (Å²) in [6, 6.07) is 3.63. The number of hydrogen-bond acceptors (Lipinski definition) is 4. The SMILES string of the molecule is OCc1ccc(OCC2CCC3(CCCC3)O2)cn1. The van der Waals surface area contributed by atoms with Gasteiger partial charge >= 0.3 is 0 Å². The van der Waals surface area contributed by atoms with E-state index in [1.54, 1.807) is 12.3 Å². The molecule has 2 heterocycles. The Morgan fingerprint density at radius 2 is 2.16 bits per heavy atom. The molecule has 1 spiro atoms. The monoisotopic (exact) mass is 263 g/mol. The van der Waals surface area contributed by atoms with Crippen molar-refractivity contribution in [2.24, 2.45) is 0 Å². The average Bonchev–Trinajstić information content (AvgIpc) is 3.08. The molecule has 1 saturated carbocycles. The van der Waals surface area contributed by atoms with Gasteiger partial charge in [0.25, 0.3) is 0 Å². The number of hydrogen-bond donors (Lipinski definition) is 1. The molecule has 1 aromatic heterocycles. The molecule has 1 N–H and O–H groups in total. The lowest BCUT2D eigenvalue weighted by Crippen LogP contribution is -2.27. The predicted octanol–water partition coefficient (Wildman–Crippen LogP) is 2.44. The number of pyridine rings is 1. The van der Waals surface area contributed by atoms with E-state index < -0.39 is 0 Å². The summed E-state index contributed by atoms with van der Waals surface area (Å²) in [5, 5.41) is 8.93. The van der Waals surface area contributed by atoms with E-state index in [0.717, 1.165) is 12.2 Å². The molecule has 1 unspecified atom stereocenters. The number of aliphatic hydroxyl groups is 1. The van der Waals surface area contributed by atoms with Crippen LogP contribution in [0.3, 0.4) is 0 Å². The molecule has 0 bridgehead atoms. The average molecular weight is 263 g/mol. The smallest absolute Gasteiger partial charge is 0.137 e. The standard InChI is InChI=1S/C15H21NO3/c17-10-12-3-4-13(9-16-12)18-11-14-5-8-15(19-14)6-1-2-7-15/h3-4,9,14,17H,1-2,5-8,10-11H2. The minimum atomic E-state index is -0.0332. The van der Waals surface area contributed by atoms with Crippen LogP contribution in [0.1, 0.15) is 44.2 Å². The third-order valence-electron chi connectivity index (χ3n) is 4.25. The van der Waals surface area contributed by atoms with Crippen molar-refractivity contribution < 1.29 is 14.6 Å². The van der Waals surface area contributed by atoms with Gasteiger partial charge in [0.05, 0.1) is 30.2 Å². The first kappa shape index (κ1) is 12.9. The Bertz CT molecular complexity index is 412. The van der Waals surface area contributed by atoms with Gasteiger partial charge in [-0.1, -0.05) is 12.8 Å². The normalized spacial score (nSPS) is 25.0. The maximum Gasteiger partial charge on any atom is 0.137 e. The minimum Gasteiger partial charge on any atom is -0.489 e. The van der Waals surface area contributed by atoms with E-state index in [4.69, 9.17) is 14.6 Å². The number of nitrogens with zero attached hydrogens (tertiary/aromatic N) is 1. The Labute approximate surface area is 113 Å². The first-order valence-corrected chi connectivity index (χ1v) is 7.16. The molecular formula is C15H21NO3. The summed E-state index contributed by atoms with van der Waals surface area (Å²) in [6.07, 6.45) is 9.21. The van der Waals surface area contributed by atoms with Gasteiger partial charge in [0.1, 0.15) is 12.4 Å². The minimum absolute atomic E-state index is 0.0332. The molecule has 3 rings (SSSR count). The first-order chi connectivity index (χ1) is 9.30. The maximum absolute atomic E-state index is 8.93. The molecule has 1 aromatic rings. The molecule has 4 heteroatoms. The molecule has 1 aliphatic carbocycles. The zero-order chi connectivity index (χ0) is 13.1. The van der Waals surface area contributed by atoms with Crippen molar-refractivity contribution in [2.45, 2.75) is 56.8 Å². The molecule has 2 aliphatic rings. The first-order valence-electron chi connectivity index (χ1n) is 7.16. The number of aliphatic hydroxyl groups excluding tert-OH is 1. The van der Waals surface area contributed by atoms with Gasteiger partial charge in [0, 0.05) is 0 Å². The highest BCUT2D eigenvalue weighted by molar-refractivity contribution is 5.19. The van der Waals surface area contributed by atoms with Crippen molar-refractivity contribution in [3.63, 3.8) is 0 Å². The summed E-state index contributed by atoms with van der Waals surface area (Å²) in [5.74, 6) is 0.744. The van der Waals surface area contributed by atoms with Gasteiger partial charge in [-0.25, -0.2) is 0 Å². The predicted molar refractivity (Wildman–Crippen MR) is 71.0 cm³/mol. The van der Waals surface area contributed by atoms with E-state index in [-0.39, 0.29) is 18.3 Å². The molecule has 4 nitrogen and oxygen atoms in total. The van der Waals surface area contributed by atoms with Gasteiger partial charge in [-0.15, -0.1) is 0 Å². The zero-order valence-electron chi connectivity index (χ0n) is 11.2. The van der Waals surface area contributed by atoms with Crippen LogP contribution in [0.2, 0.25) is 0 Å². The summed E-state index contributed by atoms with van der Waals surface area (Å²) in [6.45, 7) is 0.566. The van der Waals surface area contributed by atoms with Crippen LogP contribution in [0, 0.1) is 0 Å². The maximum atomic E-state index is 8.93. The Morgan fingerprint density at radius 3 is 2.84 bits per heavy atom. The van der Waals surface area contributed by atoms with Crippen LogP contribution in [0.15, 0.2) is 18.3 Å². The van der Waals surface area contributed by atoms with Crippen molar-refractivity contribution in [3.8, 4) is 5.75 Å². The van der Waals surface area contributed by atoms with Gasteiger partial charge in [-0.2, -0.15) is 0 Å². The fraction of sp³-hybridized carbons (Fsp3) is 0.667. The van der Waals surface area contributed by atoms with E-state index in [1.165, 1.54) is 32.1 Å². The van der Waals surface area contributed by atoms with Gasteiger partial charge < -0.3 is 14.6 Å².